The van der Waals surface area contributed by atoms with E-state index in [0.29, 0.717) is 37.4 Å². The van der Waals surface area contributed by atoms with E-state index in [0.717, 1.165) is 5.56 Å². The first-order valence-electron chi connectivity index (χ1n) is 7.59. The molecule has 0 aliphatic carbocycles. The highest BCUT2D eigenvalue weighted by molar-refractivity contribution is 5.97. The van der Waals surface area contributed by atoms with E-state index < -0.39 is 5.91 Å². The Morgan fingerprint density at radius 3 is 2.67 bits per heavy atom. The summed E-state index contributed by atoms with van der Waals surface area (Å²) in [4.78, 5) is 11.9. The Balaban J connectivity index is 2.51. The molecule has 7 nitrogen and oxygen atoms in total. The van der Waals surface area contributed by atoms with Gasteiger partial charge in [-0.3, -0.25) is 4.79 Å². The van der Waals surface area contributed by atoms with Gasteiger partial charge < -0.3 is 25.2 Å². The summed E-state index contributed by atoms with van der Waals surface area (Å²) >= 11 is 0. The molecule has 3 N–H and O–H groups in total. The number of nitrogens with one attached hydrogen (secondary N) is 2. The minimum Gasteiger partial charge on any atom is -0.493 e. The molecule has 0 aromatic heterocycles. The van der Waals surface area contributed by atoms with Crippen molar-refractivity contribution in [2.45, 2.75) is 12.8 Å². The molecule has 130 valence electrons. The summed E-state index contributed by atoms with van der Waals surface area (Å²) in [6.07, 6.45) is 2.51. The van der Waals surface area contributed by atoms with Crippen molar-refractivity contribution in [3.63, 3.8) is 0 Å². The van der Waals surface area contributed by atoms with E-state index in [1.165, 1.54) is 6.20 Å². The van der Waals surface area contributed by atoms with E-state index >= 15 is 0 Å². The largest absolute Gasteiger partial charge is 0.493 e. The zero-order valence-corrected chi connectivity index (χ0v) is 14.0. The summed E-state index contributed by atoms with van der Waals surface area (Å²) in [6, 6.07) is 7.40. The van der Waals surface area contributed by atoms with Gasteiger partial charge in [0, 0.05) is 25.9 Å². The molecule has 0 radical (unpaired) electrons. The lowest BCUT2D eigenvalue weighted by Crippen LogP contribution is -2.27. The van der Waals surface area contributed by atoms with Gasteiger partial charge in [0.2, 0.25) is 0 Å². The number of carbonyl (C=O) groups is 1. The molecule has 0 bridgehead atoms. The lowest BCUT2D eigenvalue weighted by atomic mass is 10.1. The van der Waals surface area contributed by atoms with Gasteiger partial charge in [-0.05, 0) is 30.5 Å². The van der Waals surface area contributed by atoms with Crippen LogP contribution in [0.3, 0.4) is 0 Å². The SMILES string of the molecule is COc1ccc(CCNC(=O)/C(C#N)=C\NCCCO)cc1OC. The summed E-state index contributed by atoms with van der Waals surface area (Å²) in [5, 5.41) is 23.2. The highest BCUT2D eigenvalue weighted by Gasteiger charge is 2.09. The number of benzene rings is 1. The molecular formula is C17H23N3O4. The average Bonchev–Trinajstić information content (AvgIpc) is 2.61. The van der Waals surface area contributed by atoms with Crippen LogP contribution in [0.2, 0.25) is 0 Å². The lowest BCUT2D eigenvalue weighted by Gasteiger charge is -2.10. The van der Waals surface area contributed by atoms with Gasteiger partial charge in [-0.25, -0.2) is 0 Å². The number of hydrogen-bond acceptors (Lipinski definition) is 6. The summed E-state index contributed by atoms with van der Waals surface area (Å²) in [5.74, 6) is 0.843. The second-order valence-electron chi connectivity index (χ2n) is 4.90. The summed E-state index contributed by atoms with van der Waals surface area (Å²) in [6.45, 7) is 0.949. The van der Waals surface area contributed by atoms with Crippen LogP contribution in [-0.4, -0.2) is 44.9 Å². The predicted molar refractivity (Wildman–Crippen MR) is 89.7 cm³/mol. The Hall–Kier alpha value is -2.72. The van der Waals surface area contributed by atoms with Gasteiger partial charge in [-0.15, -0.1) is 0 Å². The lowest BCUT2D eigenvalue weighted by molar-refractivity contribution is -0.117. The third-order valence-corrected chi connectivity index (χ3v) is 3.24. The molecule has 24 heavy (non-hydrogen) atoms. The summed E-state index contributed by atoms with van der Waals surface area (Å²) < 4.78 is 10.4. The van der Waals surface area contributed by atoms with Gasteiger partial charge in [0.05, 0.1) is 14.2 Å². The van der Waals surface area contributed by atoms with E-state index in [4.69, 9.17) is 19.8 Å². The van der Waals surface area contributed by atoms with E-state index in [-0.39, 0.29) is 12.2 Å². The first-order valence-corrected chi connectivity index (χ1v) is 7.59. The average molecular weight is 333 g/mol. The fourth-order valence-electron chi connectivity index (χ4n) is 1.96. The Morgan fingerprint density at radius 2 is 2.04 bits per heavy atom. The molecule has 1 aromatic carbocycles. The standard InChI is InChI=1S/C17H23N3O4/c1-23-15-5-4-13(10-16(15)24-2)6-8-20-17(22)14(11-18)12-19-7-3-9-21/h4-5,10,12,19,21H,3,6-9H2,1-2H3,(H,20,22)/b14-12-. The van der Waals surface area contributed by atoms with Crippen LogP contribution in [0.25, 0.3) is 0 Å². The molecule has 1 rings (SSSR count). The maximum atomic E-state index is 11.9. The van der Waals surface area contributed by atoms with Crippen LogP contribution in [0.4, 0.5) is 0 Å². The number of nitriles is 1. The monoisotopic (exact) mass is 333 g/mol. The number of aliphatic hydroxyl groups excluding tert-OH is 1. The van der Waals surface area contributed by atoms with Crippen molar-refractivity contribution in [1.29, 1.82) is 5.26 Å². The van der Waals surface area contributed by atoms with Crippen molar-refractivity contribution < 1.29 is 19.4 Å². The number of ether oxygens (including phenoxy) is 2. The van der Waals surface area contributed by atoms with Gasteiger partial charge in [0.15, 0.2) is 11.5 Å². The minimum absolute atomic E-state index is 0.000233. The summed E-state index contributed by atoms with van der Waals surface area (Å²) in [7, 11) is 3.14. The molecule has 0 unspecified atom stereocenters. The van der Waals surface area contributed by atoms with Crippen LogP contribution >= 0.6 is 0 Å². The zero-order chi connectivity index (χ0) is 17.8. The Morgan fingerprint density at radius 1 is 1.29 bits per heavy atom. The molecule has 0 aliphatic rings. The van der Waals surface area contributed by atoms with E-state index in [1.807, 2.05) is 24.3 Å². The molecule has 0 atom stereocenters. The van der Waals surface area contributed by atoms with Gasteiger partial charge in [-0.2, -0.15) is 5.26 Å². The third-order valence-electron chi connectivity index (χ3n) is 3.24. The first-order chi connectivity index (χ1) is 11.7. The van der Waals surface area contributed by atoms with Crippen molar-refractivity contribution in [1.82, 2.24) is 10.6 Å². The van der Waals surface area contributed by atoms with E-state index in [2.05, 4.69) is 10.6 Å². The molecule has 7 heteroatoms. The van der Waals surface area contributed by atoms with E-state index in [1.54, 1.807) is 14.2 Å². The molecule has 1 aromatic rings. The number of amides is 1. The predicted octanol–water partition coefficient (Wildman–Crippen LogP) is 0.742. The maximum absolute atomic E-state index is 11.9. The smallest absolute Gasteiger partial charge is 0.263 e. The van der Waals surface area contributed by atoms with Crippen molar-refractivity contribution >= 4 is 5.91 Å². The normalized spacial score (nSPS) is 10.7. The first kappa shape index (κ1) is 19.3. The van der Waals surface area contributed by atoms with Crippen LogP contribution in [0.1, 0.15) is 12.0 Å². The van der Waals surface area contributed by atoms with Gasteiger partial charge in [-0.1, -0.05) is 6.07 Å². The maximum Gasteiger partial charge on any atom is 0.263 e. The van der Waals surface area contributed by atoms with Crippen LogP contribution in [0, 0.1) is 11.3 Å². The molecule has 0 aliphatic heterocycles. The molecule has 0 heterocycles. The van der Waals surface area contributed by atoms with Crippen LogP contribution in [0.5, 0.6) is 11.5 Å². The fraction of sp³-hybridized carbons (Fsp3) is 0.412. The zero-order valence-electron chi connectivity index (χ0n) is 14.0. The molecule has 0 spiro atoms. The van der Waals surface area contributed by atoms with Crippen LogP contribution in [0.15, 0.2) is 30.0 Å². The van der Waals surface area contributed by atoms with Crippen molar-refractivity contribution in [3.8, 4) is 17.6 Å². The molecule has 1 amide bonds. The topological polar surface area (TPSA) is 104 Å². The van der Waals surface area contributed by atoms with Crippen molar-refractivity contribution in [3.05, 3.63) is 35.5 Å². The molecule has 0 saturated carbocycles. The highest BCUT2D eigenvalue weighted by Crippen LogP contribution is 2.27. The molecule has 0 saturated heterocycles. The quantitative estimate of drug-likeness (QED) is 0.331. The number of rotatable bonds is 10. The molecular weight excluding hydrogens is 310 g/mol. The Bertz CT molecular complexity index is 608. The Kier molecular flexibility index (Phi) is 8.79. The molecule has 0 fully saturated rings. The third kappa shape index (κ3) is 6.18. The number of carbonyl (C=O) groups excluding carboxylic acids is 1. The second-order valence-corrected chi connectivity index (χ2v) is 4.90. The Labute approximate surface area is 141 Å². The van der Waals surface area contributed by atoms with Crippen LogP contribution < -0.4 is 20.1 Å². The number of methoxy groups -OCH3 is 2. The minimum atomic E-state index is -0.436. The van der Waals surface area contributed by atoms with Gasteiger partial charge in [0.1, 0.15) is 11.6 Å². The van der Waals surface area contributed by atoms with Crippen molar-refractivity contribution in [2.75, 3.05) is 33.9 Å². The van der Waals surface area contributed by atoms with Gasteiger partial charge in [0.25, 0.3) is 5.91 Å². The second kappa shape index (κ2) is 10.9. The van der Waals surface area contributed by atoms with Gasteiger partial charge >= 0.3 is 0 Å². The number of aliphatic hydroxyl groups is 1. The number of hydrogen-bond donors (Lipinski definition) is 3. The highest BCUT2D eigenvalue weighted by atomic mass is 16.5. The number of nitrogens with zero attached hydrogens (tertiary/aromatic N) is 1. The van der Waals surface area contributed by atoms with E-state index in [9.17, 15) is 4.79 Å². The summed E-state index contributed by atoms with van der Waals surface area (Å²) in [5.41, 5.74) is 0.983. The fourth-order valence-corrected chi connectivity index (χ4v) is 1.96. The van der Waals surface area contributed by atoms with Crippen LogP contribution in [-0.2, 0) is 11.2 Å². The van der Waals surface area contributed by atoms with Crippen molar-refractivity contribution in [2.24, 2.45) is 0 Å².